The summed E-state index contributed by atoms with van der Waals surface area (Å²) in [7, 11) is 0. The summed E-state index contributed by atoms with van der Waals surface area (Å²) in [6.07, 6.45) is 1.85. The van der Waals surface area contributed by atoms with Crippen molar-refractivity contribution in [3.63, 3.8) is 0 Å². The quantitative estimate of drug-likeness (QED) is 0.316. The number of rotatable bonds is 4. The minimum Gasteiger partial charge on any atom is -0.326 e. The van der Waals surface area contributed by atoms with E-state index in [0.29, 0.717) is 6.54 Å². The van der Waals surface area contributed by atoms with Crippen molar-refractivity contribution in [2.75, 3.05) is 0 Å². The predicted octanol–water partition coefficient (Wildman–Crippen LogP) is 7.24. The van der Waals surface area contributed by atoms with Crippen molar-refractivity contribution >= 4 is 21.7 Å². The second kappa shape index (κ2) is 8.54. The van der Waals surface area contributed by atoms with Crippen LogP contribution >= 0.6 is 0 Å². The zero-order valence-electron chi connectivity index (χ0n) is 18.6. The molecule has 0 saturated heterocycles. The van der Waals surface area contributed by atoms with Crippen LogP contribution in [-0.4, -0.2) is 9.97 Å². The van der Waals surface area contributed by atoms with Gasteiger partial charge in [0.2, 0.25) is 0 Å². The number of nitrogens with zero attached hydrogens (tertiary/aromatic N) is 2. The van der Waals surface area contributed by atoms with Crippen LogP contribution in [0.1, 0.15) is 5.56 Å². The van der Waals surface area contributed by atoms with Gasteiger partial charge in [-0.05, 0) is 40.1 Å². The van der Waals surface area contributed by atoms with E-state index in [1.807, 2.05) is 18.3 Å². The molecule has 0 spiro atoms. The maximum atomic E-state index is 5.82. The molecule has 0 aliphatic carbocycles. The zero-order valence-corrected chi connectivity index (χ0v) is 18.6. The second-order valence-corrected chi connectivity index (χ2v) is 8.44. The van der Waals surface area contributed by atoms with Gasteiger partial charge in [0.1, 0.15) is 0 Å². The standard InChI is InChI=1S/C31H23N3/c32-20-21-10-12-24(13-11-21)31-27(23-7-2-1-3-8-23)19-28-29(34-31)16-17-33-30(28)26-15-14-22-6-4-5-9-25(22)18-26/h1-19H,20,32H2. The molecule has 0 bridgehead atoms. The van der Waals surface area contributed by atoms with Gasteiger partial charge in [-0.15, -0.1) is 0 Å². The molecule has 3 heteroatoms. The van der Waals surface area contributed by atoms with Gasteiger partial charge in [-0.3, -0.25) is 4.98 Å². The van der Waals surface area contributed by atoms with E-state index in [1.54, 1.807) is 0 Å². The van der Waals surface area contributed by atoms with Gasteiger partial charge in [-0.2, -0.15) is 0 Å². The average Bonchev–Trinajstić information content (AvgIpc) is 2.92. The normalized spacial score (nSPS) is 11.2. The van der Waals surface area contributed by atoms with Gasteiger partial charge in [0, 0.05) is 34.8 Å². The Kier molecular flexibility index (Phi) is 5.10. The Labute approximate surface area is 198 Å². The molecule has 0 fully saturated rings. The van der Waals surface area contributed by atoms with Crippen molar-refractivity contribution in [1.82, 2.24) is 9.97 Å². The number of benzene rings is 4. The van der Waals surface area contributed by atoms with E-state index in [2.05, 4.69) is 97.1 Å². The Bertz CT molecular complexity index is 1620. The van der Waals surface area contributed by atoms with Gasteiger partial charge in [0.05, 0.1) is 16.9 Å². The maximum Gasteiger partial charge on any atom is 0.0796 e. The molecule has 0 atom stereocenters. The fourth-order valence-electron chi connectivity index (χ4n) is 4.52. The highest BCUT2D eigenvalue weighted by atomic mass is 14.7. The van der Waals surface area contributed by atoms with Gasteiger partial charge < -0.3 is 5.73 Å². The first-order valence-electron chi connectivity index (χ1n) is 11.4. The van der Waals surface area contributed by atoms with E-state index in [1.165, 1.54) is 10.8 Å². The summed E-state index contributed by atoms with van der Waals surface area (Å²) in [6.45, 7) is 0.526. The first kappa shape index (κ1) is 20.3. The van der Waals surface area contributed by atoms with Crippen LogP contribution in [0.15, 0.2) is 115 Å². The molecule has 2 heterocycles. The predicted molar refractivity (Wildman–Crippen MR) is 141 cm³/mol. The Morgan fingerprint density at radius 2 is 1.32 bits per heavy atom. The van der Waals surface area contributed by atoms with Crippen LogP contribution in [-0.2, 0) is 6.54 Å². The van der Waals surface area contributed by atoms with Gasteiger partial charge in [0.25, 0.3) is 0 Å². The number of hydrogen-bond acceptors (Lipinski definition) is 3. The van der Waals surface area contributed by atoms with E-state index in [-0.39, 0.29) is 0 Å². The Morgan fingerprint density at radius 3 is 2.12 bits per heavy atom. The van der Waals surface area contributed by atoms with Crippen LogP contribution in [0, 0.1) is 0 Å². The first-order chi connectivity index (χ1) is 16.8. The lowest BCUT2D eigenvalue weighted by atomic mass is 9.95. The molecule has 0 radical (unpaired) electrons. The van der Waals surface area contributed by atoms with E-state index in [4.69, 9.17) is 15.7 Å². The summed E-state index contributed by atoms with van der Waals surface area (Å²) in [4.78, 5) is 9.94. The first-order valence-corrected chi connectivity index (χ1v) is 11.4. The molecule has 0 unspecified atom stereocenters. The largest absolute Gasteiger partial charge is 0.326 e. The van der Waals surface area contributed by atoms with E-state index < -0.39 is 0 Å². The molecule has 34 heavy (non-hydrogen) atoms. The monoisotopic (exact) mass is 437 g/mol. The number of nitrogens with two attached hydrogens (primary N) is 1. The summed E-state index contributed by atoms with van der Waals surface area (Å²) < 4.78 is 0. The highest BCUT2D eigenvalue weighted by Crippen LogP contribution is 2.36. The molecule has 3 nitrogen and oxygen atoms in total. The van der Waals surface area contributed by atoms with E-state index in [0.717, 1.165) is 50.1 Å². The number of pyridine rings is 2. The Morgan fingerprint density at radius 1 is 0.588 bits per heavy atom. The van der Waals surface area contributed by atoms with Gasteiger partial charge in [-0.25, -0.2) is 4.98 Å². The van der Waals surface area contributed by atoms with Crippen molar-refractivity contribution in [2.45, 2.75) is 6.54 Å². The molecule has 6 rings (SSSR count). The van der Waals surface area contributed by atoms with Crippen molar-refractivity contribution in [2.24, 2.45) is 5.73 Å². The van der Waals surface area contributed by atoms with Crippen molar-refractivity contribution in [3.8, 4) is 33.6 Å². The second-order valence-electron chi connectivity index (χ2n) is 8.44. The lowest BCUT2D eigenvalue weighted by molar-refractivity contribution is 1.07. The molecule has 162 valence electrons. The lowest BCUT2D eigenvalue weighted by Gasteiger charge is -2.14. The average molecular weight is 438 g/mol. The van der Waals surface area contributed by atoms with Gasteiger partial charge >= 0.3 is 0 Å². The minimum absolute atomic E-state index is 0.526. The zero-order chi connectivity index (χ0) is 22.9. The molecular weight excluding hydrogens is 414 g/mol. The third-order valence-electron chi connectivity index (χ3n) is 6.31. The molecule has 0 amide bonds. The smallest absolute Gasteiger partial charge is 0.0796 e. The van der Waals surface area contributed by atoms with Crippen LogP contribution in [0.3, 0.4) is 0 Å². The van der Waals surface area contributed by atoms with Crippen molar-refractivity contribution in [1.29, 1.82) is 0 Å². The van der Waals surface area contributed by atoms with Crippen LogP contribution in [0.5, 0.6) is 0 Å². The fraction of sp³-hybridized carbons (Fsp3) is 0.0323. The molecule has 6 aromatic rings. The van der Waals surface area contributed by atoms with Crippen molar-refractivity contribution in [3.05, 3.63) is 121 Å². The summed E-state index contributed by atoms with van der Waals surface area (Å²) in [6, 6.07) is 37.9. The Hall–Kier alpha value is -4.34. The van der Waals surface area contributed by atoms with E-state index >= 15 is 0 Å². The SMILES string of the molecule is NCc1ccc(-c2nc3ccnc(-c4ccc5ccccc5c4)c3cc2-c2ccccc2)cc1. The molecule has 2 aromatic heterocycles. The number of hydrogen-bond donors (Lipinski definition) is 1. The topological polar surface area (TPSA) is 51.8 Å². The fourth-order valence-corrected chi connectivity index (χ4v) is 4.52. The third-order valence-corrected chi connectivity index (χ3v) is 6.31. The molecule has 0 aliphatic rings. The maximum absolute atomic E-state index is 5.82. The van der Waals surface area contributed by atoms with Gasteiger partial charge in [0.15, 0.2) is 0 Å². The highest BCUT2D eigenvalue weighted by molar-refractivity contribution is 6.00. The number of aromatic nitrogens is 2. The summed E-state index contributed by atoms with van der Waals surface area (Å²) in [5, 5.41) is 3.46. The van der Waals surface area contributed by atoms with Gasteiger partial charge in [-0.1, -0.05) is 91.0 Å². The summed E-state index contributed by atoms with van der Waals surface area (Å²) in [5.74, 6) is 0. The third kappa shape index (κ3) is 3.62. The Balaban J connectivity index is 1.60. The minimum atomic E-state index is 0.526. The summed E-state index contributed by atoms with van der Waals surface area (Å²) >= 11 is 0. The highest BCUT2D eigenvalue weighted by Gasteiger charge is 2.15. The lowest BCUT2D eigenvalue weighted by Crippen LogP contribution is -1.97. The molecule has 0 saturated carbocycles. The molecule has 4 aromatic carbocycles. The number of fused-ring (bicyclic) bond motifs is 2. The molecule has 2 N–H and O–H groups in total. The van der Waals surface area contributed by atoms with Crippen LogP contribution in [0.25, 0.3) is 55.3 Å². The molecule has 0 aliphatic heterocycles. The van der Waals surface area contributed by atoms with E-state index in [9.17, 15) is 0 Å². The van der Waals surface area contributed by atoms with Crippen LogP contribution in [0.2, 0.25) is 0 Å². The van der Waals surface area contributed by atoms with Crippen LogP contribution < -0.4 is 5.73 Å². The van der Waals surface area contributed by atoms with Crippen LogP contribution in [0.4, 0.5) is 0 Å². The van der Waals surface area contributed by atoms with Crippen molar-refractivity contribution < 1.29 is 0 Å². The summed E-state index contributed by atoms with van der Waals surface area (Å²) in [5.41, 5.74) is 14.1. The molecular formula is C31H23N3.